The van der Waals surface area contributed by atoms with Gasteiger partial charge in [0.2, 0.25) is 5.91 Å². The van der Waals surface area contributed by atoms with E-state index in [0.29, 0.717) is 5.92 Å². The number of hydrogen-bond acceptors (Lipinski definition) is 2. The van der Waals surface area contributed by atoms with Gasteiger partial charge >= 0.3 is 0 Å². The van der Waals surface area contributed by atoms with E-state index in [0.717, 1.165) is 38.8 Å². The maximum atomic E-state index is 12.4. The van der Waals surface area contributed by atoms with Crippen LogP contribution in [0.5, 0.6) is 0 Å². The zero-order valence-electron chi connectivity index (χ0n) is 14.6. The molecule has 0 aliphatic carbocycles. The van der Waals surface area contributed by atoms with Gasteiger partial charge in [-0.2, -0.15) is 0 Å². The van der Waals surface area contributed by atoms with Gasteiger partial charge in [-0.25, -0.2) is 0 Å². The number of hydrogen-bond donors (Lipinski definition) is 1. The molecule has 130 valence electrons. The predicted octanol–water partition coefficient (Wildman–Crippen LogP) is 3.65. The number of rotatable bonds is 6. The fourth-order valence-electron chi connectivity index (χ4n) is 3.35. The normalized spacial score (nSPS) is 22.0. The number of halogens is 1. The number of amides is 1. The monoisotopic (exact) mass is 338 g/mol. The Hall–Kier alpha value is -1.06. The number of nitrogens with zero attached hydrogens (tertiary/aromatic N) is 1. The van der Waals surface area contributed by atoms with Crippen LogP contribution in [0.15, 0.2) is 30.3 Å². The Morgan fingerprint density at radius 3 is 2.57 bits per heavy atom. The second-order valence-corrected chi connectivity index (χ2v) is 7.54. The second-order valence-electron chi connectivity index (χ2n) is 7.54. The molecule has 1 aromatic rings. The summed E-state index contributed by atoms with van der Waals surface area (Å²) in [5.41, 5.74) is 7.67. The van der Waals surface area contributed by atoms with Gasteiger partial charge in [-0.05, 0) is 42.6 Å². The summed E-state index contributed by atoms with van der Waals surface area (Å²) in [6, 6.07) is 10.3. The van der Waals surface area contributed by atoms with Crippen molar-refractivity contribution in [1.29, 1.82) is 0 Å². The quantitative estimate of drug-likeness (QED) is 0.860. The molecule has 23 heavy (non-hydrogen) atoms. The van der Waals surface area contributed by atoms with Crippen LogP contribution in [0.3, 0.4) is 0 Å². The summed E-state index contributed by atoms with van der Waals surface area (Å²) < 4.78 is 0. The van der Waals surface area contributed by atoms with E-state index in [2.05, 4.69) is 51.1 Å². The van der Waals surface area contributed by atoms with Crippen molar-refractivity contribution in [2.24, 2.45) is 17.1 Å². The summed E-state index contributed by atoms with van der Waals surface area (Å²) in [6.45, 7) is 8.24. The van der Waals surface area contributed by atoms with Crippen molar-refractivity contribution >= 4 is 18.3 Å². The SMILES string of the molecule is CC(C)C[C@H](N)C(=O)N1CCC(C)(CCc2ccccc2)C1.Cl. The van der Waals surface area contributed by atoms with Crippen LogP contribution in [0.4, 0.5) is 0 Å². The molecule has 3 nitrogen and oxygen atoms in total. The summed E-state index contributed by atoms with van der Waals surface area (Å²) in [5, 5.41) is 0. The molecule has 1 unspecified atom stereocenters. The third kappa shape index (κ3) is 5.82. The Morgan fingerprint density at radius 1 is 1.30 bits per heavy atom. The van der Waals surface area contributed by atoms with Crippen molar-refractivity contribution in [2.75, 3.05) is 13.1 Å². The zero-order valence-corrected chi connectivity index (χ0v) is 15.4. The van der Waals surface area contributed by atoms with E-state index in [4.69, 9.17) is 5.73 Å². The molecule has 1 amide bonds. The highest BCUT2D eigenvalue weighted by molar-refractivity contribution is 5.85. The van der Waals surface area contributed by atoms with E-state index in [1.165, 1.54) is 5.56 Å². The van der Waals surface area contributed by atoms with Crippen LogP contribution in [-0.4, -0.2) is 29.9 Å². The Balaban J connectivity index is 0.00000264. The van der Waals surface area contributed by atoms with E-state index in [9.17, 15) is 4.79 Å². The minimum Gasteiger partial charge on any atom is -0.341 e. The fraction of sp³-hybridized carbons (Fsp3) is 0.632. The third-order valence-electron chi connectivity index (χ3n) is 4.77. The van der Waals surface area contributed by atoms with Gasteiger partial charge in [0.25, 0.3) is 0 Å². The Labute approximate surface area is 147 Å². The highest BCUT2D eigenvalue weighted by atomic mass is 35.5. The van der Waals surface area contributed by atoms with Crippen LogP contribution < -0.4 is 5.73 Å². The molecule has 2 rings (SSSR count). The van der Waals surface area contributed by atoms with E-state index in [-0.39, 0.29) is 29.8 Å². The minimum absolute atomic E-state index is 0. The molecular weight excluding hydrogens is 308 g/mol. The Morgan fingerprint density at radius 2 is 1.96 bits per heavy atom. The smallest absolute Gasteiger partial charge is 0.239 e. The molecule has 0 radical (unpaired) electrons. The summed E-state index contributed by atoms with van der Waals surface area (Å²) in [6.07, 6.45) is 4.06. The maximum Gasteiger partial charge on any atom is 0.239 e. The van der Waals surface area contributed by atoms with Gasteiger partial charge in [0, 0.05) is 13.1 Å². The first kappa shape index (κ1) is 20.0. The molecule has 2 atom stereocenters. The standard InChI is InChI=1S/C19H30N2O.ClH/c1-15(2)13-17(20)18(22)21-12-11-19(3,14-21)10-9-16-7-5-4-6-8-16;/h4-8,15,17H,9-14,20H2,1-3H3;1H/t17-,19?;/m0./s1. The van der Waals surface area contributed by atoms with Crippen molar-refractivity contribution in [3.8, 4) is 0 Å². The van der Waals surface area contributed by atoms with Gasteiger partial charge in [0.05, 0.1) is 6.04 Å². The molecule has 1 aliphatic rings. The van der Waals surface area contributed by atoms with Gasteiger partial charge in [0.15, 0.2) is 0 Å². The molecule has 1 fully saturated rings. The summed E-state index contributed by atoms with van der Waals surface area (Å²) in [5.74, 6) is 0.600. The molecule has 0 saturated carbocycles. The molecule has 0 aromatic heterocycles. The van der Waals surface area contributed by atoms with Crippen LogP contribution in [0.2, 0.25) is 0 Å². The van der Waals surface area contributed by atoms with Crippen LogP contribution in [-0.2, 0) is 11.2 Å². The van der Waals surface area contributed by atoms with E-state index >= 15 is 0 Å². The lowest BCUT2D eigenvalue weighted by Gasteiger charge is -2.26. The molecule has 0 spiro atoms. The number of carbonyl (C=O) groups excluding carboxylic acids is 1. The van der Waals surface area contributed by atoms with E-state index in [1.54, 1.807) is 0 Å². The average molecular weight is 339 g/mol. The first-order valence-electron chi connectivity index (χ1n) is 8.48. The zero-order chi connectivity index (χ0) is 16.2. The van der Waals surface area contributed by atoms with Crippen molar-refractivity contribution in [2.45, 2.75) is 52.5 Å². The number of carbonyl (C=O) groups is 1. The highest BCUT2D eigenvalue weighted by Gasteiger charge is 2.37. The summed E-state index contributed by atoms with van der Waals surface area (Å²) >= 11 is 0. The van der Waals surface area contributed by atoms with Crippen LogP contribution in [0, 0.1) is 11.3 Å². The van der Waals surface area contributed by atoms with Crippen molar-refractivity contribution < 1.29 is 4.79 Å². The largest absolute Gasteiger partial charge is 0.341 e. The van der Waals surface area contributed by atoms with Gasteiger partial charge in [-0.15, -0.1) is 12.4 Å². The molecule has 1 saturated heterocycles. The maximum absolute atomic E-state index is 12.4. The molecular formula is C19H31ClN2O. The predicted molar refractivity (Wildman–Crippen MR) is 98.7 cm³/mol. The van der Waals surface area contributed by atoms with E-state index in [1.807, 2.05) is 4.90 Å². The number of likely N-dealkylation sites (tertiary alicyclic amines) is 1. The lowest BCUT2D eigenvalue weighted by molar-refractivity contribution is -0.132. The van der Waals surface area contributed by atoms with Crippen LogP contribution >= 0.6 is 12.4 Å². The minimum atomic E-state index is -0.337. The fourth-order valence-corrected chi connectivity index (χ4v) is 3.35. The van der Waals surface area contributed by atoms with Crippen molar-refractivity contribution in [3.63, 3.8) is 0 Å². The third-order valence-corrected chi connectivity index (χ3v) is 4.77. The van der Waals surface area contributed by atoms with Gasteiger partial charge < -0.3 is 10.6 Å². The van der Waals surface area contributed by atoms with Crippen molar-refractivity contribution in [3.05, 3.63) is 35.9 Å². The van der Waals surface area contributed by atoms with Gasteiger partial charge in [-0.3, -0.25) is 4.79 Å². The first-order valence-corrected chi connectivity index (χ1v) is 8.48. The second kappa shape index (κ2) is 8.70. The van der Waals surface area contributed by atoms with Crippen LogP contribution in [0.25, 0.3) is 0 Å². The Bertz CT molecular complexity index is 491. The van der Waals surface area contributed by atoms with Crippen molar-refractivity contribution in [1.82, 2.24) is 4.90 Å². The molecule has 1 aromatic carbocycles. The highest BCUT2D eigenvalue weighted by Crippen LogP contribution is 2.35. The first-order chi connectivity index (χ1) is 10.4. The molecule has 1 heterocycles. The number of benzene rings is 1. The average Bonchev–Trinajstić information content (AvgIpc) is 2.88. The summed E-state index contributed by atoms with van der Waals surface area (Å²) in [4.78, 5) is 14.4. The lowest BCUT2D eigenvalue weighted by Crippen LogP contribution is -2.44. The number of aryl methyl sites for hydroxylation is 1. The molecule has 4 heteroatoms. The summed E-state index contributed by atoms with van der Waals surface area (Å²) in [7, 11) is 0. The van der Waals surface area contributed by atoms with E-state index < -0.39 is 0 Å². The molecule has 2 N–H and O–H groups in total. The van der Waals surface area contributed by atoms with Gasteiger partial charge in [0.1, 0.15) is 0 Å². The topological polar surface area (TPSA) is 46.3 Å². The Kier molecular flexibility index (Phi) is 7.56. The molecule has 0 bridgehead atoms. The lowest BCUT2D eigenvalue weighted by atomic mass is 9.83. The molecule has 1 aliphatic heterocycles. The number of nitrogens with two attached hydrogens (primary N) is 1. The van der Waals surface area contributed by atoms with Gasteiger partial charge in [-0.1, -0.05) is 51.1 Å². The van der Waals surface area contributed by atoms with Crippen LogP contribution in [0.1, 0.15) is 45.6 Å².